The number of rotatable bonds is 14. The second kappa shape index (κ2) is 14.3. The molecule has 0 aliphatic carbocycles. The average Bonchev–Trinajstić information content (AvgIpc) is 3.32. The van der Waals surface area contributed by atoms with Crippen LogP contribution in [-0.4, -0.2) is 83.8 Å². The molecule has 3 heterocycles. The second-order valence-corrected chi connectivity index (χ2v) is 11.8. The molecule has 40 heavy (non-hydrogen) atoms. The molecule has 1 atom stereocenters. The van der Waals surface area contributed by atoms with E-state index in [1.165, 1.54) is 5.56 Å². The zero-order chi connectivity index (χ0) is 28.4. The number of amides is 2. The van der Waals surface area contributed by atoms with Gasteiger partial charge in [-0.15, -0.1) is 0 Å². The van der Waals surface area contributed by atoms with Gasteiger partial charge in [0.25, 0.3) is 0 Å². The maximum Gasteiger partial charge on any atom is 0.326 e. The number of carboxylic acids is 1. The Bertz CT molecular complexity index is 1110. The lowest BCUT2D eigenvalue weighted by molar-refractivity contribution is -0.139. The van der Waals surface area contributed by atoms with Crippen LogP contribution in [0.3, 0.4) is 0 Å². The maximum atomic E-state index is 12.8. The highest BCUT2D eigenvalue weighted by Crippen LogP contribution is 2.28. The van der Waals surface area contributed by atoms with Gasteiger partial charge < -0.3 is 25.4 Å². The van der Waals surface area contributed by atoms with Crippen molar-refractivity contribution in [2.75, 3.05) is 51.2 Å². The zero-order valence-corrected chi connectivity index (χ0v) is 24.0. The minimum absolute atomic E-state index is 0.0662. The molecule has 0 bridgehead atoms. The van der Waals surface area contributed by atoms with Gasteiger partial charge in [-0.2, -0.15) is 0 Å². The number of anilines is 1. The summed E-state index contributed by atoms with van der Waals surface area (Å²) < 4.78 is 5.92. The number of carboxylic acid groups (broad SMARTS) is 1. The smallest absolute Gasteiger partial charge is 0.326 e. The first kappa shape index (κ1) is 29.6. The number of aromatic nitrogens is 1. The molecule has 2 aliphatic rings. The van der Waals surface area contributed by atoms with Crippen molar-refractivity contribution >= 4 is 17.8 Å². The van der Waals surface area contributed by atoms with E-state index in [0.29, 0.717) is 39.2 Å². The molecule has 1 aromatic carbocycles. The number of urea groups is 1. The summed E-state index contributed by atoms with van der Waals surface area (Å²) in [5.41, 5.74) is 2.47. The Hall–Kier alpha value is -3.33. The summed E-state index contributed by atoms with van der Waals surface area (Å²) in [6, 6.07) is 12.8. The number of benzene rings is 1. The third-order valence-electron chi connectivity index (χ3n) is 7.82. The van der Waals surface area contributed by atoms with Gasteiger partial charge in [-0.25, -0.2) is 14.6 Å². The van der Waals surface area contributed by atoms with E-state index in [9.17, 15) is 14.7 Å². The number of unbranched alkanes of at least 4 members (excludes halogenated alkanes) is 1. The van der Waals surface area contributed by atoms with Gasteiger partial charge in [0.2, 0.25) is 0 Å². The zero-order valence-electron chi connectivity index (χ0n) is 24.0. The number of hydrogen-bond acceptors (Lipinski definition) is 6. The molecule has 2 aromatic rings. The van der Waals surface area contributed by atoms with Crippen LogP contribution >= 0.6 is 0 Å². The fourth-order valence-corrected chi connectivity index (χ4v) is 5.39. The van der Waals surface area contributed by atoms with Crippen molar-refractivity contribution in [3.63, 3.8) is 0 Å². The van der Waals surface area contributed by atoms with Crippen LogP contribution in [0.2, 0.25) is 0 Å². The van der Waals surface area contributed by atoms with Crippen LogP contribution in [0, 0.1) is 5.41 Å². The van der Waals surface area contributed by atoms with E-state index >= 15 is 0 Å². The summed E-state index contributed by atoms with van der Waals surface area (Å²) in [4.78, 5) is 33.6. The number of aliphatic carboxylic acids is 1. The van der Waals surface area contributed by atoms with E-state index in [2.05, 4.69) is 41.5 Å². The third kappa shape index (κ3) is 9.11. The van der Waals surface area contributed by atoms with Gasteiger partial charge in [-0.05, 0) is 80.7 Å². The van der Waals surface area contributed by atoms with Crippen LogP contribution in [0.5, 0.6) is 5.75 Å². The molecular weight excluding hydrogens is 506 g/mol. The van der Waals surface area contributed by atoms with Crippen LogP contribution < -0.4 is 15.4 Å². The Morgan fingerprint density at radius 3 is 2.73 bits per heavy atom. The van der Waals surface area contributed by atoms with E-state index in [0.717, 1.165) is 68.9 Å². The lowest BCUT2D eigenvalue weighted by atomic mass is 9.93. The van der Waals surface area contributed by atoms with Gasteiger partial charge in [0.15, 0.2) is 0 Å². The van der Waals surface area contributed by atoms with Gasteiger partial charge in [-0.3, -0.25) is 4.90 Å². The summed E-state index contributed by atoms with van der Waals surface area (Å²) in [5, 5.41) is 16.0. The van der Waals surface area contributed by atoms with Crippen molar-refractivity contribution in [3.05, 3.63) is 53.7 Å². The SMILES string of the molecule is CC1(C)CCN(C(=O)NC(CCN(CCCCc2ccc3c(n2)NCCC3)CCOc2ccccc2)C(=O)O)C1. The quantitative estimate of drug-likeness (QED) is 0.298. The van der Waals surface area contributed by atoms with Crippen molar-refractivity contribution in [2.45, 2.75) is 64.8 Å². The Morgan fingerprint density at radius 1 is 1.15 bits per heavy atom. The van der Waals surface area contributed by atoms with E-state index < -0.39 is 12.0 Å². The molecule has 4 rings (SSSR count). The molecule has 3 N–H and O–H groups in total. The van der Waals surface area contributed by atoms with Gasteiger partial charge in [0, 0.05) is 38.4 Å². The van der Waals surface area contributed by atoms with Gasteiger partial charge in [0.1, 0.15) is 24.2 Å². The van der Waals surface area contributed by atoms with Crippen molar-refractivity contribution in [2.24, 2.45) is 5.41 Å². The minimum Gasteiger partial charge on any atom is -0.492 e. The molecule has 1 saturated heterocycles. The summed E-state index contributed by atoms with van der Waals surface area (Å²) in [7, 11) is 0. The van der Waals surface area contributed by atoms with Crippen molar-refractivity contribution in [1.29, 1.82) is 0 Å². The van der Waals surface area contributed by atoms with Gasteiger partial charge in [-0.1, -0.05) is 38.1 Å². The fourth-order valence-electron chi connectivity index (χ4n) is 5.39. The topological polar surface area (TPSA) is 107 Å². The number of nitrogens with zero attached hydrogens (tertiary/aromatic N) is 3. The number of carbonyl (C=O) groups excluding carboxylic acids is 1. The molecule has 9 nitrogen and oxygen atoms in total. The number of carbonyl (C=O) groups is 2. The second-order valence-electron chi connectivity index (χ2n) is 11.8. The lowest BCUT2D eigenvalue weighted by Crippen LogP contribution is -2.48. The molecule has 0 radical (unpaired) electrons. The minimum atomic E-state index is -1.00. The first-order valence-electron chi connectivity index (χ1n) is 14.7. The fraction of sp³-hybridized carbons (Fsp3) is 0.581. The molecule has 9 heteroatoms. The lowest BCUT2D eigenvalue weighted by Gasteiger charge is -2.26. The Morgan fingerprint density at radius 2 is 1.98 bits per heavy atom. The van der Waals surface area contributed by atoms with E-state index in [4.69, 9.17) is 9.72 Å². The molecular formula is C31H45N5O4. The highest BCUT2D eigenvalue weighted by Gasteiger charge is 2.33. The molecule has 2 amide bonds. The van der Waals surface area contributed by atoms with E-state index in [-0.39, 0.29) is 11.4 Å². The van der Waals surface area contributed by atoms with Crippen molar-refractivity contribution in [1.82, 2.24) is 20.1 Å². The highest BCUT2D eigenvalue weighted by atomic mass is 16.5. The number of pyridine rings is 1. The third-order valence-corrected chi connectivity index (χ3v) is 7.82. The predicted molar refractivity (Wildman–Crippen MR) is 157 cm³/mol. The number of para-hydroxylation sites is 1. The van der Waals surface area contributed by atoms with Crippen LogP contribution in [0.15, 0.2) is 42.5 Å². The molecule has 1 unspecified atom stereocenters. The number of ether oxygens (including phenoxy) is 1. The number of fused-ring (bicyclic) bond motifs is 1. The Balaban J connectivity index is 1.28. The van der Waals surface area contributed by atoms with Crippen molar-refractivity contribution in [3.8, 4) is 5.75 Å². The highest BCUT2D eigenvalue weighted by molar-refractivity contribution is 5.82. The Labute approximate surface area is 238 Å². The maximum absolute atomic E-state index is 12.8. The van der Waals surface area contributed by atoms with Gasteiger partial charge in [0.05, 0.1) is 0 Å². The van der Waals surface area contributed by atoms with E-state index in [1.807, 2.05) is 30.3 Å². The summed E-state index contributed by atoms with van der Waals surface area (Å²) in [6.45, 7) is 9.10. The largest absolute Gasteiger partial charge is 0.492 e. The number of aryl methyl sites for hydroxylation is 2. The standard InChI is InChI=1S/C31H45N5O4/c1-31(2)16-20-36(23-31)30(39)34-27(29(37)38)15-19-35(21-22-40-26-11-4-3-5-12-26)18-7-6-10-25-14-13-24-9-8-17-32-28(24)33-25/h3-5,11-14,27H,6-10,15-23H2,1-2H3,(H,32,33)(H,34,39)(H,37,38). The summed E-state index contributed by atoms with van der Waals surface area (Å²) in [6.07, 6.45) is 6.36. The average molecular weight is 552 g/mol. The molecule has 218 valence electrons. The van der Waals surface area contributed by atoms with Crippen LogP contribution in [0.1, 0.15) is 57.2 Å². The molecule has 0 saturated carbocycles. The number of hydrogen-bond donors (Lipinski definition) is 3. The molecule has 2 aliphatic heterocycles. The molecule has 0 spiro atoms. The number of likely N-dealkylation sites (tertiary alicyclic amines) is 1. The van der Waals surface area contributed by atoms with Crippen LogP contribution in [-0.2, 0) is 17.6 Å². The first-order chi connectivity index (χ1) is 19.3. The summed E-state index contributed by atoms with van der Waals surface area (Å²) >= 11 is 0. The normalized spacial score (nSPS) is 16.7. The molecule has 1 aromatic heterocycles. The van der Waals surface area contributed by atoms with Crippen molar-refractivity contribution < 1.29 is 19.4 Å². The van der Waals surface area contributed by atoms with E-state index in [1.54, 1.807) is 4.90 Å². The van der Waals surface area contributed by atoms with Crippen LogP contribution in [0.25, 0.3) is 0 Å². The first-order valence-corrected chi connectivity index (χ1v) is 14.7. The van der Waals surface area contributed by atoms with Crippen LogP contribution in [0.4, 0.5) is 10.6 Å². The summed E-state index contributed by atoms with van der Waals surface area (Å²) in [5.74, 6) is 0.848. The van der Waals surface area contributed by atoms with Gasteiger partial charge >= 0.3 is 12.0 Å². The Kier molecular flexibility index (Phi) is 10.6. The number of nitrogens with one attached hydrogen (secondary N) is 2. The molecule has 1 fully saturated rings. The predicted octanol–water partition coefficient (Wildman–Crippen LogP) is 4.43. The monoisotopic (exact) mass is 551 g/mol.